The molecule has 6 nitrogen and oxygen atoms in total. The van der Waals surface area contributed by atoms with Gasteiger partial charge in [0.1, 0.15) is 0 Å². The molecule has 0 bridgehead atoms. The zero-order chi connectivity index (χ0) is 13.9. The lowest BCUT2D eigenvalue weighted by atomic mass is 10.0. The van der Waals surface area contributed by atoms with Crippen LogP contribution in [0.25, 0.3) is 0 Å². The second kappa shape index (κ2) is 5.34. The van der Waals surface area contributed by atoms with Crippen LogP contribution in [0.15, 0.2) is 22.7 Å². The molecule has 7 heteroatoms. The average molecular weight is 317 g/mol. The third kappa shape index (κ3) is 3.99. The lowest BCUT2D eigenvalue weighted by molar-refractivity contribution is -0.384. The van der Waals surface area contributed by atoms with Crippen molar-refractivity contribution in [3.63, 3.8) is 0 Å². The van der Waals surface area contributed by atoms with Gasteiger partial charge in [-0.3, -0.25) is 14.9 Å². The smallest absolute Gasteiger partial charge is 0.305 e. The van der Waals surface area contributed by atoms with Crippen LogP contribution in [0.1, 0.15) is 20.3 Å². The summed E-state index contributed by atoms with van der Waals surface area (Å²) in [5.74, 6) is -0.912. The number of carboxylic acids is 1. The molecular weight excluding hydrogens is 304 g/mol. The van der Waals surface area contributed by atoms with Crippen molar-refractivity contribution in [2.45, 2.75) is 25.8 Å². The Labute approximate surface area is 112 Å². The van der Waals surface area contributed by atoms with E-state index in [4.69, 9.17) is 5.11 Å². The van der Waals surface area contributed by atoms with Gasteiger partial charge >= 0.3 is 5.97 Å². The predicted octanol–water partition coefficient (Wildman–Crippen LogP) is 3.02. The monoisotopic (exact) mass is 316 g/mol. The van der Waals surface area contributed by atoms with E-state index in [-0.39, 0.29) is 12.1 Å². The van der Waals surface area contributed by atoms with Gasteiger partial charge in [0.15, 0.2) is 0 Å². The number of anilines is 1. The van der Waals surface area contributed by atoms with E-state index in [1.807, 2.05) is 0 Å². The highest BCUT2D eigenvalue weighted by Gasteiger charge is 2.22. The van der Waals surface area contributed by atoms with Gasteiger partial charge in [0.05, 0.1) is 11.3 Å². The Balaban J connectivity index is 2.92. The minimum absolute atomic E-state index is 0.0246. The number of non-ortho nitro benzene ring substituents is 1. The number of hydrogen-bond acceptors (Lipinski definition) is 4. The number of carbonyl (C=O) groups is 1. The molecule has 98 valence electrons. The molecule has 0 saturated carbocycles. The van der Waals surface area contributed by atoms with Crippen molar-refractivity contribution in [1.82, 2.24) is 0 Å². The summed E-state index contributed by atoms with van der Waals surface area (Å²) >= 11 is 3.22. The number of nitrogens with one attached hydrogen (secondary N) is 1. The van der Waals surface area contributed by atoms with Crippen molar-refractivity contribution in [2.24, 2.45) is 0 Å². The van der Waals surface area contributed by atoms with Crippen molar-refractivity contribution < 1.29 is 14.8 Å². The Kier molecular flexibility index (Phi) is 4.28. The molecule has 0 spiro atoms. The summed E-state index contributed by atoms with van der Waals surface area (Å²) in [6.45, 7) is 3.49. The summed E-state index contributed by atoms with van der Waals surface area (Å²) in [6, 6.07) is 4.29. The van der Waals surface area contributed by atoms with E-state index in [0.29, 0.717) is 10.2 Å². The quantitative estimate of drug-likeness (QED) is 0.643. The molecule has 0 aliphatic heterocycles. The summed E-state index contributed by atoms with van der Waals surface area (Å²) in [7, 11) is 0. The third-order valence-corrected chi connectivity index (χ3v) is 2.89. The van der Waals surface area contributed by atoms with Gasteiger partial charge in [0, 0.05) is 27.8 Å². The minimum Gasteiger partial charge on any atom is -0.481 e. The first kappa shape index (κ1) is 14.4. The lowest BCUT2D eigenvalue weighted by Crippen LogP contribution is -2.33. The molecule has 0 radical (unpaired) electrons. The molecule has 2 N–H and O–H groups in total. The molecular formula is C11H13BrN2O4. The van der Waals surface area contributed by atoms with Crippen LogP contribution in [-0.2, 0) is 4.79 Å². The van der Waals surface area contributed by atoms with Gasteiger partial charge in [-0.2, -0.15) is 0 Å². The topological polar surface area (TPSA) is 92.5 Å². The van der Waals surface area contributed by atoms with E-state index >= 15 is 0 Å². The molecule has 0 atom stereocenters. The molecule has 1 aromatic rings. The van der Waals surface area contributed by atoms with E-state index in [2.05, 4.69) is 21.2 Å². The van der Waals surface area contributed by atoms with Crippen LogP contribution < -0.4 is 5.32 Å². The van der Waals surface area contributed by atoms with Crippen LogP contribution >= 0.6 is 15.9 Å². The van der Waals surface area contributed by atoms with Gasteiger partial charge in [-0.15, -0.1) is 0 Å². The lowest BCUT2D eigenvalue weighted by Gasteiger charge is -2.26. The largest absolute Gasteiger partial charge is 0.481 e. The van der Waals surface area contributed by atoms with Gasteiger partial charge < -0.3 is 10.4 Å². The molecule has 0 aromatic heterocycles. The average Bonchev–Trinajstić information content (AvgIpc) is 2.18. The standard InChI is InChI=1S/C11H13BrN2O4/c1-11(2,6-10(15)16)13-9-4-3-7(14(17)18)5-8(9)12/h3-5,13H,6H2,1-2H3,(H,15,16). The molecule has 0 amide bonds. The summed E-state index contributed by atoms with van der Waals surface area (Å²) in [6.07, 6.45) is -0.0591. The minimum atomic E-state index is -0.912. The summed E-state index contributed by atoms with van der Waals surface area (Å²) in [5.41, 5.74) is -0.0554. The van der Waals surface area contributed by atoms with Crippen LogP contribution in [0.5, 0.6) is 0 Å². The van der Waals surface area contributed by atoms with E-state index in [1.54, 1.807) is 19.9 Å². The fourth-order valence-corrected chi connectivity index (χ4v) is 1.97. The van der Waals surface area contributed by atoms with Crippen LogP contribution in [0, 0.1) is 10.1 Å². The molecule has 1 aromatic carbocycles. The first-order valence-corrected chi connectivity index (χ1v) is 5.94. The second-order valence-corrected chi connectivity index (χ2v) is 5.35. The third-order valence-electron chi connectivity index (χ3n) is 2.23. The number of halogens is 1. The zero-order valence-corrected chi connectivity index (χ0v) is 11.5. The molecule has 0 heterocycles. The fraction of sp³-hybridized carbons (Fsp3) is 0.364. The van der Waals surface area contributed by atoms with E-state index in [0.717, 1.165) is 0 Å². The van der Waals surface area contributed by atoms with Gasteiger partial charge in [0.2, 0.25) is 0 Å². The molecule has 0 aliphatic carbocycles. The summed E-state index contributed by atoms with van der Waals surface area (Å²) in [5, 5.41) is 22.4. The first-order valence-electron chi connectivity index (χ1n) is 5.15. The molecule has 0 aliphatic rings. The highest BCUT2D eigenvalue weighted by molar-refractivity contribution is 9.10. The maximum atomic E-state index is 10.7. The highest BCUT2D eigenvalue weighted by Crippen LogP contribution is 2.29. The van der Waals surface area contributed by atoms with Crippen LogP contribution in [0.4, 0.5) is 11.4 Å². The van der Waals surface area contributed by atoms with E-state index in [9.17, 15) is 14.9 Å². The SMILES string of the molecule is CC(C)(CC(=O)O)Nc1ccc([N+](=O)[O-])cc1Br. The number of aliphatic carboxylic acids is 1. The number of hydrogen-bond donors (Lipinski definition) is 2. The van der Waals surface area contributed by atoms with Gasteiger partial charge in [-0.25, -0.2) is 0 Å². The van der Waals surface area contributed by atoms with Gasteiger partial charge in [0.25, 0.3) is 5.69 Å². The fourth-order valence-electron chi connectivity index (χ4n) is 1.51. The van der Waals surface area contributed by atoms with Gasteiger partial charge in [-0.05, 0) is 35.8 Å². The highest BCUT2D eigenvalue weighted by atomic mass is 79.9. The Morgan fingerprint density at radius 3 is 2.61 bits per heavy atom. The summed E-state index contributed by atoms with van der Waals surface area (Å²) in [4.78, 5) is 20.8. The predicted molar refractivity (Wildman–Crippen MR) is 70.8 cm³/mol. The maximum Gasteiger partial charge on any atom is 0.305 e. The normalized spacial score (nSPS) is 11.1. The number of nitrogens with zero attached hydrogens (tertiary/aromatic N) is 1. The van der Waals surface area contributed by atoms with Crippen molar-refractivity contribution in [3.8, 4) is 0 Å². The van der Waals surface area contributed by atoms with Crippen molar-refractivity contribution in [2.75, 3.05) is 5.32 Å². The Hall–Kier alpha value is -1.63. The number of benzene rings is 1. The molecule has 0 fully saturated rings. The zero-order valence-electron chi connectivity index (χ0n) is 9.94. The van der Waals surface area contributed by atoms with Gasteiger partial charge in [-0.1, -0.05) is 0 Å². The van der Waals surface area contributed by atoms with Crippen molar-refractivity contribution in [3.05, 3.63) is 32.8 Å². The maximum absolute atomic E-state index is 10.7. The van der Waals surface area contributed by atoms with Crippen molar-refractivity contribution >= 4 is 33.3 Å². The van der Waals surface area contributed by atoms with Crippen LogP contribution in [0.2, 0.25) is 0 Å². The number of rotatable bonds is 5. The summed E-state index contributed by atoms with van der Waals surface area (Å²) < 4.78 is 0.523. The van der Waals surface area contributed by atoms with Crippen LogP contribution in [-0.4, -0.2) is 21.5 Å². The first-order chi connectivity index (χ1) is 8.21. The molecule has 18 heavy (non-hydrogen) atoms. The Morgan fingerprint density at radius 2 is 2.17 bits per heavy atom. The molecule has 0 unspecified atom stereocenters. The Morgan fingerprint density at radius 1 is 1.56 bits per heavy atom. The molecule has 1 rings (SSSR count). The van der Waals surface area contributed by atoms with Crippen LogP contribution in [0.3, 0.4) is 0 Å². The molecule has 0 saturated heterocycles. The van der Waals surface area contributed by atoms with E-state index in [1.165, 1.54) is 12.1 Å². The second-order valence-electron chi connectivity index (χ2n) is 4.50. The van der Waals surface area contributed by atoms with E-state index < -0.39 is 16.4 Å². The number of carboxylic acid groups (broad SMARTS) is 1. The Bertz CT molecular complexity index is 488. The number of nitro groups is 1. The number of nitro benzene ring substituents is 1. The van der Waals surface area contributed by atoms with Crippen molar-refractivity contribution in [1.29, 1.82) is 0 Å².